The van der Waals surface area contributed by atoms with Crippen LogP contribution in [0.25, 0.3) is 0 Å². The number of pyridine rings is 1. The normalized spacial score (nSPS) is 14.0. The molecule has 0 spiro atoms. The van der Waals surface area contributed by atoms with Gasteiger partial charge in [0, 0.05) is 30.9 Å². The van der Waals surface area contributed by atoms with Gasteiger partial charge in [0.2, 0.25) is 0 Å². The zero-order valence-corrected chi connectivity index (χ0v) is 13.7. The Morgan fingerprint density at radius 3 is 2.65 bits per heavy atom. The Morgan fingerprint density at radius 2 is 1.91 bits per heavy atom. The maximum atomic E-state index is 12.5. The highest BCUT2D eigenvalue weighted by molar-refractivity contribution is 6.30. The van der Waals surface area contributed by atoms with E-state index in [0.717, 1.165) is 48.8 Å². The number of halogens is 1. The smallest absolute Gasteiger partial charge is 0.255 e. The summed E-state index contributed by atoms with van der Waals surface area (Å²) >= 11 is 5.87. The number of nitrogens with one attached hydrogen (secondary N) is 1. The van der Waals surface area contributed by atoms with Gasteiger partial charge in [0.05, 0.1) is 5.56 Å². The molecule has 1 amide bonds. The predicted octanol–water partition coefficient (Wildman–Crippen LogP) is 3.31. The topological polar surface area (TPSA) is 45.2 Å². The van der Waals surface area contributed by atoms with Gasteiger partial charge in [-0.05, 0) is 49.1 Å². The highest BCUT2D eigenvalue weighted by Gasteiger charge is 2.20. The number of aromatic nitrogens is 1. The molecule has 4 nitrogen and oxygen atoms in total. The van der Waals surface area contributed by atoms with Gasteiger partial charge in [-0.1, -0.05) is 23.7 Å². The lowest BCUT2D eigenvalue weighted by Gasteiger charge is -2.19. The maximum absolute atomic E-state index is 12.5. The van der Waals surface area contributed by atoms with Crippen molar-refractivity contribution in [2.24, 2.45) is 0 Å². The van der Waals surface area contributed by atoms with Gasteiger partial charge in [0.15, 0.2) is 0 Å². The van der Waals surface area contributed by atoms with Crippen molar-refractivity contribution < 1.29 is 4.79 Å². The van der Waals surface area contributed by atoms with E-state index in [2.05, 4.69) is 15.2 Å². The largest absolute Gasteiger partial charge is 0.356 e. The molecule has 3 rings (SSSR count). The Morgan fingerprint density at radius 1 is 1.17 bits per heavy atom. The van der Waals surface area contributed by atoms with E-state index in [-0.39, 0.29) is 5.91 Å². The third-order valence-electron chi connectivity index (χ3n) is 4.05. The highest BCUT2D eigenvalue weighted by Crippen LogP contribution is 2.21. The summed E-state index contributed by atoms with van der Waals surface area (Å²) in [6, 6.07) is 11.4. The van der Waals surface area contributed by atoms with Crippen molar-refractivity contribution >= 4 is 23.3 Å². The second kappa shape index (κ2) is 7.47. The van der Waals surface area contributed by atoms with Crippen molar-refractivity contribution in [3.63, 3.8) is 0 Å². The molecule has 1 saturated heterocycles. The van der Waals surface area contributed by atoms with Crippen LogP contribution in [0.4, 0.5) is 5.82 Å². The van der Waals surface area contributed by atoms with Crippen molar-refractivity contribution in [3.8, 4) is 0 Å². The fraction of sp³-hybridized carbons (Fsp3) is 0.333. The molecule has 1 aromatic carbocycles. The van der Waals surface area contributed by atoms with Crippen LogP contribution in [-0.4, -0.2) is 30.5 Å². The van der Waals surface area contributed by atoms with Gasteiger partial charge in [0.25, 0.3) is 5.91 Å². The van der Waals surface area contributed by atoms with Gasteiger partial charge in [-0.25, -0.2) is 4.98 Å². The standard InChI is InChI=1S/C18H20ClN3O/c19-15-7-5-14(6-8-15)9-11-21-18(23)16-4-3-10-20-17(16)22-12-1-2-13-22/h3-8,10H,1-2,9,11-13H2,(H,21,23). The fourth-order valence-electron chi connectivity index (χ4n) is 2.82. The molecule has 0 unspecified atom stereocenters. The molecule has 1 fully saturated rings. The van der Waals surface area contributed by atoms with Gasteiger partial charge in [-0.15, -0.1) is 0 Å². The molecule has 1 aliphatic rings. The quantitative estimate of drug-likeness (QED) is 0.915. The number of carbonyl (C=O) groups is 1. The molecule has 2 heterocycles. The molecule has 1 aromatic heterocycles. The van der Waals surface area contributed by atoms with Crippen molar-refractivity contribution in [2.45, 2.75) is 19.3 Å². The zero-order valence-electron chi connectivity index (χ0n) is 13.0. The molecule has 120 valence electrons. The summed E-state index contributed by atoms with van der Waals surface area (Å²) in [4.78, 5) is 19.1. The van der Waals surface area contributed by atoms with Crippen LogP contribution in [0.15, 0.2) is 42.6 Å². The van der Waals surface area contributed by atoms with Crippen molar-refractivity contribution in [3.05, 3.63) is 58.7 Å². The minimum absolute atomic E-state index is 0.0611. The molecule has 23 heavy (non-hydrogen) atoms. The number of benzene rings is 1. The first-order chi connectivity index (χ1) is 11.2. The molecular weight excluding hydrogens is 310 g/mol. The first kappa shape index (κ1) is 15.8. The van der Waals surface area contributed by atoms with Crippen LogP contribution < -0.4 is 10.2 Å². The molecule has 0 radical (unpaired) electrons. The lowest BCUT2D eigenvalue weighted by atomic mass is 10.1. The number of rotatable bonds is 5. The Kier molecular flexibility index (Phi) is 5.13. The van der Waals surface area contributed by atoms with Crippen molar-refractivity contribution in [1.82, 2.24) is 10.3 Å². The third-order valence-corrected chi connectivity index (χ3v) is 4.30. The summed E-state index contributed by atoms with van der Waals surface area (Å²) < 4.78 is 0. The minimum Gasteiger partial charge on any atom is -0.356 e. The van der Waals surface area contributed by atoms with Gasteiger partial charge in [-0.2, -0.15) is 0 Å². The molecule has 0 aliphatic carbocycles. The van der Waals surface area contributed by atoms with E-state index in [4.69, 9.17) is 11.6 Å². The van der Waals surface area contributed by atoms with E-state index in [1.807, 2.05) is 36.4 Å². The molecular formula is C18H20ClN3O. The van der Waals surface area contributed by atoms with Gasteiger partial charge in [0.1, 0.15) is 5.82 Å². The second-order valence-corrected chi connectivity index (χ2v) is 6.14. The van der Waals surface area contributed by atoms with E-state index < -0.39 is 0 Å². The van der Waals surface area contributed by atoms with Crippen LogP contribution >= 0.6 is 11.6 Å². The Labute approximate surface area is 141 Å². The van der Waals surface area contributed by atoms with E-state index in [1.54, 1.807) is 6.20 Å². The summed E-state index contributed by atoms with van der Waals surface area (Å²) in [5.74, 6) is 0.739. The SMILES string of the molecule is O=C(NCCc1ccc(Cl)cc1)c1cccnc1N1CCCC1. The van der Waals surface area contributed by atoms with E-state index in [9.17, 15) is 4.79 Å². The van der Waals surface area contributed by atoms with E-state index >= 15 is 0 Å². The van der Waals surface area contributed by atoms with Crippen LogP contribution in [0.2, 0.25) is 5.02 Å². The van der Waals surface area contributed by atoms with Crippen LogP contribution in [0.5, 0.6) is 0 Å². The maximum Gasteiger partial charge on any atom is 0.255 e. The lowest BCUT2D eigenvalue weighted by molar-refractivity contribution is 0.0954. The number of nitrogens with zero attached hydrogens (tertiary/aromatic N) is 2. The monoisotopic (exact) mass is 329 g/mol. The van der Waals surface area contributed by atoms with Crippen molar-refractivity contribution in [1.29, 1.82) is 0 Å². The zero-order chi connectivity index (χ0) is 16.1. The average molecular weight is 330 g/mol. The molecule has 0 bridgehead atoms. The Balaban J connectivity index is 1.61. The molecule has 5 heteroatoms. The second-order valence-electron chi connectivity index (χ2n) is 5.70. The van der Waals surface area contributed by atoms with Crippen LogP contribution in [0.3, 0.4) is 0 Å². The molecule has 1 N–H and O–H groups in total. The first-order valence-electron chi connectivity index (χ1n) is 7.96. The lowest BCUT2D eigenvalue weighted by Crippen LogP contribution is -2.29. The Bertz CT molecular complexity index is 666. The van der Waals surface area contributed by atoms with Gasteiger partial charge >= 0.3 is 0 Å². The van der Waals surface area contributed by atoms with Gasteiger partial charge in [-0.3, -0.25) is 4.79 Å². The number of carbonyl (C=O) groups excluding carboxylic acids is 1. The summed E-state index contributed by atoms with van der Waals surface area (Å²) in [6.07, 6.45) is 4.85. The minimum atomic E-state index is -0.0611. The molecule has 0 saturated carbocycles. The summed E-state index contributed by atoms with van der Waals surface area (Å²) in [6.45, 7) is 2.54. The molecule has 1 aliphatic heterocycles. The van der Waals surface area contributed by atoms with Crippen LogP contribution in [-0.2, 0) is 6.42 Å². The van der Waals surface area contributed by atoms with Crippen molar-refractivity contribution in [2.75, 3.05) is 24.5 Å². The van der Waals surface area contributed by atoms with E-state index in [0.29, 0.717) is 12.1 Å². The highest BCUT2D eigenvalue weighted by atomic mass is 35.5. The van der Waals surface area contributed by atoms with Gasteiger partial charge < -0.3 is 10.2 Å². The van der Waals surface area contributed by atoms with Crippen LogP contribution in [0.1, 0.15) is 28.8 Å². The summed E-state index contributed by atoms with van der Waals surface area (Å²) in [7, 11) is 0. The molecule has 2 aromatic rings. The number of amides is 1. The number of anilines is 1. The number of hydrogen-bond donors (Lipinski definition) is 1. The Hall–Kier alpha value is -2.07. The third kappa shape index (κ3) is 4.02. The summed E-state index contributed by atoms with van der Waals surface area (Å²) in [5.41, 5.74) is 1.81. The number of hydrogen-bond acceptors (Lipinski definition) is 3. The first-order valence-corrected chi connectivity index (χ1v) is 8.34. The fourth-order valence-corrected chi connectivity index (χ4v) is 2.95. The predicted molar refractivity (Wildman–Crippen MR) is 93.2 cm³/mol. The molecule has 0 atom stereocenters. The average Bonchev–Trinajstić information content (AvgIpc) is 3.11. The van der Waals surface area contributed by atoms with E-state index in [1.165, 1.54) is 0 Å². The van der Waals surface area contributed by atoms with Crippen LogP contribution in [0, 0.1) is 0 Å². The summed E-state index contributed by atoms with van der Waals surface area (Å²) in [5, 5.41) is 3.71.